The molecule has 0 atom stereocenters. The van der Waals surface area contributed by atoms with Crippen LogP contribution in [0.1, 0.15) is 24.5 Å². The highest BCUT2D eigenvalue weighted by Gasteiger charge is 2.19. The molecule has 3 heterocycles. The summed E-state index contributed by atoms with van der Waals surface area (Å²) in [5.41, 5.74) is 1.84. The zero-order valence-corrected chi connectivity index (χ0v) is 10.4. The fourth-order valence-corrected chi connectivity index (χ4v) is 2.48. The number of rotatable bonds is 2. The van der Waals surface area contributed by atoms with Crippen LogP contribution in [0.3, 0.4) is 0 Å². The molecule has 2 aromatic heterocycles. The second-order valence-corrected chi connectivity index (χ2v) is 4.51. The molecule has 18 heavy (non-hydrogen) atoms. The molecular formula is C13H16N4O. The Kier molecular flexibility index (Phi) is 3.06. The summed E-state index contributed by atoms with van der Waals surface area (Å²) < 4.78 is 5.13. The van der Waals surface area contributed by atoms with E-state index in [4.69, 9.17) is 4.74 Å². The van der Waals surface area contributed by atoms with E-state index in [-0.39, 0.29) is 0 Å². The Morgan fingerprint density at radius 1 is 1.22 bits per heavy atom. The fraction of sp³-hybridized carbons (Fsp3) is 0.462. The minimum absolute atomic E-state index is 0.506. The maximum Gasteiger partial charge on any atom is 0.215 e. The number of piperidine rings is 1. The number of ether oxygens (including phenoxy) is 1. The van der Waals surface area contributed by atoms with E-state index in [2.05, 4.69) is 20.3 Å². The van der Waals surface area contributed by atoms with Gasteiger partial charge in [0.25, 0.3) is 0 Å². The van der Waals surface area contributed by atoms with Gasteiger partial charge in [0, 0.05) is 17.4 Å². The van der Waals surface area contributed by atoms with Gasteiger partial charge < -0.3 is 10.1 Å². The van der Waals surface area contributed by atoms with Crippen LogP contribution in [0.4, 0.5) is 0 Å². The summed E-state index contributed by atoms with van der Waals surface area (Å²) in [5.74, 6) is 1.10. The molecule has 0 unspecified atom stereocenters. The Morgan fingerprint density at radius 2 is 2.06 bits per heavy atom. The molecule has 0 radical (unpaired) electrons. The van der Waals surface area contributed by atoms with Gasteiger partial charge >= 0.3 is 0 Å². The molecule has 1 fully saturated rings. The van der Waals surface area contributed by atoms with Crippen molar-refractivity contribution in [2.45, 2.75) is 18.8 Å². The third-order valence-electron chi connectivity index (χ3n) is 3.44. The van der Waals surface area contributed by atoms with Crippen LogP contribution in [0.15, 0.2) is 18.5 Å². The Hall–Kier alpha value is -1.75. The van der Waals surface area contributed by atoms with Crippen LogP contribution in [0, 0.1) is 0 Å². The smallest absolute Gasteiger partial charge is 0.215 e. The number of aromatic nitrogens is 3. The lowest BCUT2D eigenvalue weighted by molar-refractivity contribution is 0.399. The van der Waals surface area contributed by atoms with Gasteiger partial charge in [-0.15, -0.1) is 0 Å². The molecule has 94 valence electrons. The van der Waals surface area contributed by atoms with Gasteiger partial charge in [0.1, 0.15) is 6.33 Å². The van der Waals surface area contributed by atoms with E-state index in [0.717, 1.165) is 42.7 Å². The van der Waals surface area contributed by atoms with Gasteiger partial charge in [0.15, 0.2) is 5.65 Å². The standard InChI is InChI=1S/C13H16N4O/c1-18-11-3-2-10-12(9-4-6-14-7-5-9)15-8-16-13(10)17-11/h2-3,8-9,14H,4-7H2,1H3. The van der Waals surface area contributed by atoms with E-state index in [0.29, 0.717) is 11.8 Å². The molecule has 0 bridgehead atoms. The third-order valence-corrected chi connectivity index (χ3v) is 3.44. The van der Waals surface area contributed by atoms with Crippen molar-refractivity contribution in [2.24, 2.45) is 0 Å². The largest absolute Gasteiger partial charge is 0.481 e. The molecule has 5 nitrogen and oxygen atoms in total. The first kappa shape index (κ1) is 11.3. The highest BCUT2D eigenvalue weighted by molar-refractivity contribution is 5.78. The first-order valence-corrected chi connectivity index (χ1v) is 6.25. The highest BCUT2D eigenvalue weighted by Crippen LogP contribution is 2.28. The summed E-state index contributed by atoms with van der Waals surface area (Å²) in [5, 5.41) is 4.42. The second-order valence-electron chi connectivity index (χ2n) is 4.51. The molecule has 0 spiro atoms. The van der Waals surface area contributed by atoms with Crippen molar-refractivity contribution < 1.29 is 4.74 Å². The second kappa shape index (κ2) is 4.86. The topological polar surface area (TPSA) is 59.9 Å². The van der Waals surface area contributed by atoms with Gasteiger partial charge in [-0.05, 0) is 32.0 Å². The lowest BCUT2D eigenvalue weighted by Gasteiger charge is -2.22. The lowest BCUT2D eigenvalue weighted by Crippen LogP contribution is -2.27. The highest BCUT2D eigenvalue weighted by atomic mass is 16.5. The van der Waals surface area contributed by atoms with Crippen molar-refractivity contribution in [3.63, 3.8) is 0 Å². The van der Waals surface area contributed by atoms with Crippen molar-refractivity contribution in [3.8, 4) is 5.88 Å². The molecule has 1 aliphatic heterocycles. The predicted octanol–water partition coefficient (Wildman–Crippen LogP) is 1.50. The molecule has 1 saturated heterocycles. The monoisotopic (exact) mass is 244 g/mol. The summed E-state index contributed by atoms with van der Waals surface area (Å²) in [6, 6.07) is 3.88. The molecule has 0 amide bonds. The van der Waals surface area contributed by atoms with E-state index >= 15 is 0 Å². The maximum atomic E-state index is 5.13. The van der Waals surface area contributed by atoms with Crippen LogP contribution in [-0.2, 0) is 0 Å². The molecule has 0 aliphatic carbocycles. The zero-order valence-electron chi connectivity index (χ0n) is 10.4. The van der Waals surface area contributed by atoms with E-state index in [1.54, 1.807) is 13.4 Å². The molecule has 2 aromatic rings. The summed E-state index contributed by atoms with van der Waals surface area (Å²) >= 11 is 0. The number of methoxy groups -OCH3 is 1. The Morgan fingerprint density at radius 3 is 2.83 bits per heavy atom. The summed E-state index contributed by atoms with van der Waals surface area (Å²) in [4.78, 5) is 13.1. The number of nitrogens with zero attached hydrogens (tertiary/aromatic N) is 3. The minimum atomic E-state index is 0.506. The van der Waals surface area contributed by atoms with Crippen LogP contribution < -0.4 is 10.1 Å². The maximum absolute atomic E-state index is 5.13. The molecular weight excluding hydrogens is 228 g/mol. The minimum Gasteiger partial charge on any atom is -0.481 e. The van der Waals surface area contributed by atoms with Crippen LogP contribution in [0.5, 0.6) is 5.88 Å². The molecule has 1 aliphatic rings. The van der Waals surface area contributed by atoms with Gasteiger partial charge in [-0.1, -0.05) is 0 Å². The van der Waals surface area contributed by atoms with Crippen LogP contribution in [0.25, 0.3) is 11.0 Å². The number of fused-ring (bicyclic) bond motifs is 1. The van der Waals surface area contributed by atoms with E-state index in [1.807, 2.05) is 12.1 Å². The first-order chi connectivity index (χ1) is 8.88. The number of hydrogen-bond donors (Lipinski definition) is 1. The van der Waals surface area contributed by atoms with Gasteiger partial charge in [0.05, 0.1) is 12.8 Å². The summed E-state index contributed by atoms with van der Waals surface area (Å²) in [7, 11) is 1.61. The zero-order chi connectivity index (χ0) is 12.4. The Labute approximate surface area is 106 Å². The van der Waals surface area contributed by atoms with Crippen molar-refractivity contribution in [1.29, 1.82) is 0 Å². The van der Waals surface area contributed by atoms with Gasteiger partial charge in [-0.25, -0.2) is 9.97 Å². The summed E-state index contributed by atoms with van der Waals surface area (Å²) in [6.45, 7) is 2.11. The Bertz CT molecular complexity index is 552. The predicted molar refractivity (Wildman–Crippen MR) is 68.7 cm³/mol. The van der Waals surface area contributed by atoms with Gasteiger partial charge in [-0.2, -0.15) is 4.98 Å². The molecule has 5 heteroatoms. The molecule has 3 rings (SSSR count). The van der Waals surface area contributed by atoms with Crippen LogP contribution in [0.2, 0.25) is 0 Å². The van der Waals surface area contributed by atoms with Crippen LogP contribution >= 0.6 is 0 Å². The van der Waals surface area contributed by atoms with Crippen molar-refractivity contribution >= 4 is 11.0 Å². The van der Waals surface area contributed by atoms with Crippen molar-refractivity contribution in [3.05, 3.63) is 24.2 Å². The quantitative estimate of drug-likeness (QED) is 0.867. The van der Waals surface area contributed by atoms with E-state index in [1.165, 1.54) is 0 Å². The van der Waals surface area contributed by atoms with Gasteiger partial charge in [-0.3, -0.25) is 0 Å². The first-order valence-electron chi connectivity index (χ1n) is 6.25. The number of nitrogens with one attached hydrogen (secondary N) is 1. The third kappa shape index (κ3) is 2.01. The Balaban J connectivity index is 2.05. The van der Waals surface area contributed by atoms with Crippen molar-refractivity contribution in [2.75, 3.05) is 20.2 Å². The SMILES string of the molecule is COc1ccc2c(C3CCNCC3)ncnc2n1. The molecule has 0 aromatic carbocycles. The summed E-state index contributed by atoms with van der Waals surface area (Å²) in [6.07, 6.45) is 3.85. The molecule has 1 N–H and O–H groups in total. The number of pyridine rings is 1. The number of hydrogen-bond acceptors (Lipinski definition) is 5. The van der Waals surface area contributed by atoms with Gasteiger partial charge in [0.2, 0.25) is 5.88 Å². The van der Waals surface area contributed by atoms with E-state index in [9.17, 15) is 0 Å². The van der Waals surface area contributed by atoms with E-state index < -0.39 is 0 Å². The lowest BCUT2D eigenvalue weighted by atomic mass is 9.92. The fourth-order valence-electron chi connectivity index (χ4n) is 2.48. The average molecular weight is 244 g/mol. The molecule has 0 saturated carbocycles. The van der Waals surface area contributed by atoms with Crippen molar-refractivity contribution in [1.82, 2.24) is 20.3 Å². The van der Waals surface area contributed by atoms with Crippen LogP contribution in [-0.4, -0.2) is 35.2 Å². The average Bonchev–Trinajstić information content (AvgIpc) is 2.47. The normalized spacial score (nSPS) is 16.9.